The number of nitrogens with zero attached hydrogens (tertiary/aromatic N) is 1. The van der Waals surface area contributed by atoms with Crippen molar-refractivity contribution in [2.75, 3.05) is 0 Å². The van der Waals surface area contributed by atoms with Crippen LogP contribution in [0.3, 0.4) is 0 Å². The smallest absolute Gasteiger partial charge is 0.167 e. The summed E-state index contributed by atoms with van der Waals surface area (Å²) >= 11 is 5.76. The Kier molecular flexibility index (Phi) is 2.64. The molecule has 0 saturated heterocycles. The van der Waals surface area contributed by atoms with Crippen LogP contribution in [0.4, 0.5) is 0 Å². The largest absolute Gasteiger partial charge is 0.356 e. The van der Waals surface area contributed by atoms with Gasteiger partial charge in [-0.3, -0.25) is 0 Å². The first-order valence-electron chi connectivity index (χ1n) is 6.58. The maximum atomic E-state index is 5.76. The summed E-state index contributed by atoms with van der Waals surface area (Å²) in [5, 5.41) is 3.94. The molecule has 0 aliphatic heterocycles. The third kappa shape index (κ3) is 1.76. The summed E-state index contributed by atoms with van der Waals surface area (Å²) in [4.78, 5) is 0. The van der Waals surface area contributed by atoms with Crippen LogP contribution in [-0.2, 0) is 12.3 Å². The van der Waals surface area contributed by atoms with Crippen LogP contribution in [0.5, 0.6) is 0 Å². The second kappa shape index (κ2) is 4.50. The molecule has 2 aromatic carbocycles. The molecule has 20 heavy (non-hydrogen) atoms. The fourth-order valence-electron chi connectivity index (χ4n) is 2.81. The van der Waals surface area contributed by atoms with E-state index in [1.165, 1.54) is 22.3 Å². The summed E-state index contributed by atoms with van der Waals surface area (Å²) in [5.74, 6) is 1.15. The minimum atomic E-state index is 0.375. The second-order valence-corrected chi connectivity index (χ2v) is 5.29. The fraction of sp³-hybridized carbons (Fsp3) is 0.118. The van der Waals surface area contributed by atoms with Crippen LogP contribution in [-0.4, -0.2) is 5.16 Å². The van der Waals surface area contributed by atoms with Crippen molar-refractivity contribution in [3.8, 4) is 22.5 Å². The summed E-state index contributed by atoms with van der Waals surface area (Å²) in [6.45, 7) is 0. The van der Waals surface area contributed by atoms with Crippen LogP contribution in [0.15, 0.2) is 53.1 Å². The van der Waals surface area contributed by atoms with Gasteiger partial charge < -0.3 is 4.52 Å². The number of alkyl halides is 1. The molecule has 3 heteroatoms. The Balaban J connectivity index is 1.78. The van der Waals surface area contributed by atoms with Crippen molar-refractivity contribution in [2.45, 2.75) is 12.3 Å². The molecule has 3 aromatic rings. The van der Waals surface area contributed by atoms with E-state index < -0.39 is 0 Å². The Bertz CT molecular complexity index is 791. The van der Waals surface area contributed by atoms with Crippen LogP contribution in [0, 0.1) is 0 Å². The van der Waals surface area contributed by atoms with E-state index in [0.29, 0.717) is 5.88 Å². The van der Waals surface area contributed by atoms with E-state index in [9.17, 15) is 0 Å². The number of hydrogen-bond donors (Lipinski definition) is 0. The van der Waals surface area contributed by atoms with E-state index in [4.69, 9.17) is 16.1 Å². The van der Waals surface area contributed by atoms with Gasteiger partial charge in [0.25, 0.3) is 0 Å². The molecule has 0 radical (unpaired) electrons. The van der Waals surface area contributed by atoms with Gasteiger partial charge in [0.05, 0.1) is 11.6 Å². The first-order valence-corrected chi connectivity index (χ1v) is 7.12. The van der Waals surface area contributed by atoms with Crippen molar-refractivity contribution in [3.63, 3.8) is 0 Å². The van der Waals surface area contributed by atoms with Crippen molar-refractivity contribution in [1.82, 2.24) is 5.16 Å². The third-order valence-corrected chi connectivity index (χ3v) is 4.05. The normalized spacial score (nSPS) is 12.2. The molecule has 1 heterocycles. The summed E-state index contributed by atoms with van der Waals surface area (Å²) in [6.07, 6.45) is 0.982. The Labute approximate surface area is 122 Å². The lowest BCUT2D eigenvalue weighted by atomic mass is 10.0. The zero-order chi connectivity index (χ0) is 13.5. The zero-order valence-corrected chi connectivity index (χ0v) is 11.5. The lowest BCUT2D eigenvalue weighted by molar-refractivity contribution is 0.426. The van der Waals surface area contributed by atoms with Gasteiger partial charge in [0.2, 0.25) is 0 Å². The van der Waals surface area contributed by atoms with Crippen LogP contribution >= 0.6 is 11.6 Å². The van der Waals surface area contributed by atoms with Gasteiger partial charge in [-0.2, -0.15) is 0 Å². The quantitative estimate of drug-likeness (QED) is 0.500. The van der Waals surface area contributed by atoms with Crippen molar-refractivity contribution in [2.24, 2.45) is 0 Å². The van der Waals surface area contributed by atoms with Gasteiger partial charge in [0, 0.05) is 11.6 Å². The minimum absolute atomic E-state index is 0.375. The lowest BCUT2D eigenvalue weighted by Gasteiger charge is -2.02. The Hall–Kier alpha value is -2.06. The highest BCUT2D eigenvalue weighted by atomic mass is 35.5. The molecule has 4 rings (SSSR count). The maximum Gasteiger partial charge on any atom is 0.167 e. The molecule has 0 atom stereocenters. The monoisotopic (exact) mass is 281 g/mol. The van der Waals surface area contributed by atoms with E-state index >= 15 is 0 Å². The van der Waals surface area contributed by atoms with Gasteiger partial charge in [-0.1, -0.05) is 41.6 Å². The first kappa shape index (κ1) is 11.7. The molecular formula is C17H12ClNO. The predicted molar refractivity (Wildman–Crippen MR) is 79.7 cm³/mol. The average Bonchev–Trinajstić information content (AvgIpc) is 3.10. The van der Waals surface area contributed by atoms with Crippen molar-refractivity contribution in [1.29, 1.82) is 0 Å². The molecule has 0 saturated carbocycles. The molecule has 1 aromatic heterocycles. The predicted octanol–water partition coefficient (Wildman–Crippen LogP) is 4.65. The number of aromatic nitrogens is 1. The molecule has 98 valence electrons. The summed E-state index contributed by atoms with van der Waals surface area (Å²) in [6, 6.07) is 16.9. The topological polar surface area (TPSA) is 26.0 Å². The Morgan fingerprint density at radius 3 is 2.70 bits per heavy atom. The van der Waals surface area contributed by atoms with Crippen LogP contribution in [0.1, 0.15) is 16.8 Å². The van der Waals surface area contributed by atoms with Gasteiger partial charge in [-0.05, 0) is 34.7 Å². The molecule has 1 aliphatic rings. The van der Waals surface area contributed by atoms with Crippen LogP contribution < -0.4 is 0 Å². The molecule has 0 fully saturated rings. The van der Waals surface area contributed by atoms with Crippen molar-refractivity contribution < 1.29 is 4.52 Å². The summed E-state index contributed by atoms with van der Waals surface area (Å²) < 4.78 is 5.34. The summed E-state index contributed by atoms with van der Waals surface area (Å²) in [7, 11) is 0. The Morgan fingerprint density at radius 1 is 1.00 bits per heavy atom. The number of hydrogen-bond acceptors (Lipinski definition) is 2. The first-order chi connectivity index (χ1) is 9.85. The average molecular weight is 282 g/mol. The number of fused-ring (bicyclic) bond motifs is 3. The van der Waals surface area contributed by atoms with Gasteiger partial charge in [-0.15, -0.1) is 11.6 Å². The summed E-state index contributed by atoms with van der Waals surface area (Å²) in [5.41, 5.74) is 7.21. The van der Waals surface area contributed by atoms with E-state index in [0.717, 1.165) is 23.4 Å². The molecule has 0 bridgehead atoms. The number of rotatable bonds is 2. The molecule has 2 nitrogen and oxygen atoms in total. The minimum Gasteiger partial charge on any atom is -0.356 e. The van der Waals surface area contributed by atoms with Crippen molar-refractivity contribution in [3.05, 3.63) is 65.4 Å². The van der Waals surface area contributed by atoms with Crippen LogP contribution in [0.25, 0.3) is 22.5 Å². The van der Waals surface area contributed by atoms with Gasteiger partial charge in [0.15, 0.2) is 5.76 Å². The van der Waals surface area contributed by atoms with Crippen LogP contribution in [0.2, 0.25) is 0 Å². The van der Waals surface area contributed by atoms with E-state index in [1.807, 2.05) is 6.07 Å². The maximum absolute atomic E-state index is 5.76. The highest BCUT2D eigenvalue weighted by molar-refractivity contribution is 6.16. The zero-order valence-electron chi connectivity index (χ0n) is 10.8. The SMILES string of the molecule is ClCc1cc(-c2ccc3c(c2)Cc2ccccc2-3)on1. The standard InChI is InChI=1S/C17H12ClNO/c18-10-14-9-17(20-19-14)12-5-6-16-13(8-12)7-11-3-1-2-4-15(11)16/h1-6,8-9H,7,10H2. The lowest BCUT2D eigenvalue weighted by Crippen LogP contribution is -1.82. The van der Waals surface area contributed by atoms with Crippen molar-refractivity contribution >= 4 is 11.6 Å². The number of benzene rings is 2. The van der Waals surface area contributed by atoms with Gasteiger partial charge >= 0.3 is 0 Å². The highest BCUT2D eigenvalue weighted by Crippen LogP contribution is 2.38. The molecule has 1 aliphatic carbocycles. The van der Waals surface area contributed by atoms with E-state index in [-0.39, 0.29) is 0 Å². The van der Waals surface area contributed by atoms with E-state index in [1.54, 1.807) is 0 Å². The van der Waals surface area contributed by atoms with E-state index in [2.05, 4.69) is 47.6 Å². The molecule has 0 N–H and O–H groups in total. The van der Waals surface area contributed by atoms with Gasteiger partial charge in [-0.25, -0.2) is 0 Å². The third-order valence-electron chi connectivity index (χ3n) is 3.77. The second-order valence-electron chi connectivity index (χ2n) is 5.02. The number of halogens is 1. The molecule has 0 amide bonds. The van der Waals surface area contributed by atoms with Gasteiger partial charge in [0.1, 0.15) is 0 Å². The molecule has 0 unspecified atom stereocenters. The molecular weight excluding hydrogens is 270 g/mol. The highest BCUT2D eigenvalue weighted by Gasteiger charge is 2.18. The fourth-order valence-corrected chi connectivity index (χ4v) is 2.94. The molecule has 0 spiro atoms. The Morgan fingerprint density at radius 2 is 1.85 bits per heavy atom.